The molecule has 0 spiro atoms. The second-order valence-electron chi connectivity index (χ2n) is 3.81. The number of thiophene rings is 1. The lowest BCUT2D eigenvalue weighted by atomic mass is 10.2. The minimum absolute atomic E-state index is 0.216. The maximum atomic E-state index is 6.26. The zero-order valence-corrected chi connectivity index (χ0v) is 10.9. The van der Waals surface area contributed by atoms with E-state index in [1.165, 1.54) is 0 Å². The van der Waals surface area contributed by atoms with Crippen LogP contribution in [0.2, 0.25) is 0 Å². The van der Waals surface area contributed by atoms with Crippen LogP contribution >= 0.6 is 11.3 Å². The van der Waals surface area contributed by atoms with E-state index in [1.54, 1.807) is 24.6 Å². The van der Waals surface area contributed by atoms with Crippen LogP contribution in [-0.2, 0) is 6.54 Å². The number of hydrogen-bond donors (Lipinski definition) is 1. The van der Waals surface area contributed by atoms with Crippen LogP contribution < -0.4 is 10.5 Å². The van der Waals surface area contributed by atoms with Crippen LogP contribution in [0.25, 0.3) is 0 Å². The molecular formula is C12H17N3OS. The molecule has 2 rings (SSSR count). The molecule has 1 atom stereocenters. The summed E-state index contributed by atoms with van der Waals surface area (Å²) in [5.41, 5.74) is 6.26. The van der Waals surface area contributed by atoms with Crippen LogP contribution in [0.1, 0.15) is 30.1 Å². The highest BCUT2D eigenvalue weighted by Gasteiger charge is 2.19. The van der Waals surface area contributed by atoms with Crippen LogP contribution in [0, 0.1) is 0 Å². The van der Waals surface area contributed by atoms with E-state index in [1.807, 2.05) is 17.6 Å². The Bertz CT molecular complexity index is 478. The Morgan fingerprint density at radius 1 is 1.59 bits per heavy atom. The fraction of sp³-hybridized carbons (Fsp3) is 0.417. The molecule has 0 aliphatic heterocycles. The van der Waals surface area contributed by atoms with Gasteiger partial charge in [0.25, 0.3) is 0 Å². The van der Waals surface area contributed by atoms with Gasteiger partial charge in [0.1, 0.15) is 17.6 Å². The van der Waals surface area contributed by atoms with Crippen molar-refractivity contribution in [2.24, 2.45) is 5.73 Å². The van der Waals surface area contributed by atoms with E-state index < -0.39 is 0 Å². The van der Waals surface area contributed by atoms with Crippen molar-refractivity contribution in [3.63, 3.8) is 0 Å². The van der Waals surface area contributed by atoms with E-state index in [4.69, 9.17) is 10.5 Å². The summed E-state index contributed by atoms with van der Waals surface area (Å²) in [4.78, 5) is 5.38. The highest BCUT2D eigenvalue weighted by molar-refractivity contribution is 7.10. The summed E-state index contributed by atoms with van der Waals surface area (Å²) in [7, 11) is 1.66. The number of aromatic nitrogens is 2. The molecule has 0 saturated heterocycles. The molecule has 17 heavy (non-hydrogen) atoms. The van der Waals surface area contributed by atoms with Crippen molar-refractivity contribution in [3.05, 3.63) is 34.5 Å². The van der Waals surface area contributed by atoms with E-state index in [2.05, 4.69) is 16.5 Å². The highest BCUT2D eigenvalue weighted by atomic mass is 32.1. The third-order valence-electron chi connectivity index (χ3n) is 2.65. The maximum absolute atomic E-state index is 6.26. The molecule has 0 aliphatic rings. The molecule has 5 heteroatoms. The molecule has 0 amide bonds. The van der Waals surface area contributed by atoms with Crippen LogP contribution in [0.4, 0.5) is 0 Å². The smallest absolute Gasteiger partial charge is 0.134 e. The molecule has 4 nitrogen and oxygen atoms in total. The van der Waals surface area contributed by atoms with Gasteiger partial charge in [-0.15, -0.1) is 11.3 Å². The van der Waals surface area contributed by atoms with Crippen molar-refractivity contribution in [1.82, 2.24) is 9.55 Å². The third kappa shape index (κ3) is 2.35. The predicted molar refractivity (Wildman–Crippen MR) is 69.4 cm³/mol. The standard InChI is InChI=1S/C12H17N3OS/c1-3-6-15-7-5-14-12(15)10(13)11-9(16-2)4-8-17-11/h4-5,7-8,10H,3,6,13H2,1-2H3. The average Bonchev–Trinajstić information content (AvgIpc) is 2.96. The lowest BCUT2D eigenvalue weighted by molar-refractivity contribution is 0.409. The monoisotopic (exact) mass is 251 g/mol. The number of methoxy groups -OCH3 is 1. The number of ether oxygens (including phenoxy) is 1. The van der Waals surface area contributed by atoms with Gasteiger partial charge < -0.3 is 15.0 Å². The van der Waals surface area contributed by atoms with E-state index >= 15 is 0 Å². The predicted octanol–water partition coefficient (Wildman–Crippen LogP) is 2.41. The first-order chi connectivity index (χ1) is 8.27. The van der Waals surface area contributed by atoms with Crippen LogP contribution in [0.3, 0.4) is 0 Å². The third-order valence-corrected chi connectivity index (χ3v) is 3.63. The Hall–Kier alpha value is -1.33. The molecule has 2 aromatic heterocycles. The summed E-state index contributed by atoms with van der Waals surface area (Å²) in [6.07, 6.45) is 4.83. The van der Waals surface area contributed by atoms with Gasteiger partial charge in [-0.05, 0) is 17.9 Å². The zero-order chi connectivity index (χ0) is 12.3. The molecule has 0 radical (unpaired) electrons. The molecule has 0 saturated carbocycles. The van der Waals surface area contributed by atoms with E-state index in [-0.39, 0.29) is 6.04 Å². The first kappa shape index (κ1) is 12.1. The van der Waals surface area contributed by atoms with Gasteiger partial charge in [-0.3, -0.25) is 0 Å². The number of nitrogens with two attached hydrogens (primary N) is 1. The maximum Gasteiger partial charge on any atom is 0.134 e. The first-order valence-corrected chi connectivity index (χ1v) is 6.53. The van der Waals surface area contributed by atoms with Crippen molar-refractivity contribution >= 4 is 11.3 Å². The summed E-state index contributed by atoms with van der Waals surface area (Å²) in [5, 5.41) is 1.99. The molecule has 2 heterocycles. The molecule has 0 aromatic carbocycles. The Morgan fingerprint density at radius 2 is 2.41 bits per heavy atom. The van der Waals surface area contributed by atoms with Crippen molar-refractivity contribution in [3.8, 4) is 5.75 Å². The number of imidazole rings is 1. The van der Waals surface area contributed by atoms with Gasteiger partial charge in [-0.1, -0.05) is 6.92 Å². The highest BCUT2D eigenvalue weighted by Crippen LogP contribution is 2.32. The SMILES string of the molecule is CCCn1ccnc1C(N)c1sccc1OC. The molecule has 0 aliphatic carbocycles. The van der Waals surface area contributed by atoms with Gasteiger partial charge in [0.05, 0.1) is 12.0 Å². The Kier molecular flexibility index (Phi) is 3.81. The van der Waals surface area contributed by atoms with Crippen molar-refractivity contribution in [1.29, 1.82) is 0 Å². The Labute approximate surface area is 105 Å². The van der Waals surface area contributed by atoms with Crippen molar-refractivity contribution in [2.45, 2.75) is 25.9 Å². The fourth-order valence-corrected chi connectivity index (χ4v) is 2.71. The second-order valence-corrected chi connectivity index (χ2v) is 4.76. The van der Waals surface area contributed by atoms with Crippen LogP contribution in [-0.4, -0.2) is 16.7 Å². The van der Waals surface area contributed by atoms with E-state index in [9.17, 15) is 0 Å². The van der Waals surface area contributed by atoms with Gasteiger partial charge in [0.15, 0.2) is 0 Å². The Balaban J connectivity index is 2.30. The van der Waals surface area contributed by atoms with Gasteiger partial charge >= 0.3 is 0 Å². The summed E-state index contributed by atoms with van der Waals surface area (Å²) < 4.78 is 7.40. The number of aryl methyl sites for hydroxylation is 1. The lowest BCUT2D eigenvalue weighted by Gasteiger charge is -2.13. The number of nitrogens with zero attached hydrogens (tertiary/aromatic N) is 2. The minimum Gasteiger partial charge on any atom is -0.496 e. The fourth-order valence-electron chi connectivity index (χ4n) is 1.85. The average molecular weight is 251 g/mol. The molecule has 2 N–H and O–H groups in total. The Morgan fingerprint density at radius 3 is 3.12 bits per heavy atom. The molecule has 2 aromatic rings. The summed E-state index contributed by atoms with van der Waals surface area (Å²) in [5.74, 6) is 1.74. The lowest BCUT2D eigenvalue weighted by Crippen LogP contribution is -2.17. The van der Waals surface area contributed by atoms with Crippen molar-refractivity contribution < 1.29 is 4.74 Å². The molecule has 0 bridgehead atoms. The van der Waals surface area contributed by atoms with Gasteiger partial charge in [0.2, 0.25) is 0 Å². The second kappa shape index (κ2) is 5.33. The van der Waals surface area contributed by atoms with Gasteiger partial charge in [0, 0.05) is 18.9 Å². The largest absolute Gasteiger partial charge is 0.496 e. The summed E-state index contributed by atoms with van der Waals surface area (Å²) >= 11 is 1.60. The molecule has 1 unspecified atom stereocenters. The minimum atomic E-state index is -0.216. The van der Waals surface area contributed by atoms with Gasteiger partial charge in [-0.25, -0.2) is 4.98 Å². The van der Waals surface area contributed by atoms with Crippen LogP contribution in [0.15, 0.2) is 23.8 Å². The van der Waals surface area contributed by atoms with E-state index in [0.29, 0.717) is 0 Å². The molecule has 0 fully saturated rings. The quantitative estimate of drug-likeness (QED) is 0.888. The van der Waals surface area contributed by atoms with Crippen LogP contribution in [0.5, 0.6) is 5.75 Å². The summed E-state index contributed by atoms with van der Waals surface area (Å²) in [6.45, 7) is 3.08. The van der Waals surface area contributed by atoms with E-state index in [0.717, 1.165) is 29.4 Å². The first-order valence-electron chi connectivity index (χ1n) is 5.66. The zero-order valence-electron chi connectivity index (χ0n) is 10.1. The number of hydrogen-bond acceptors (Lipinski definition) is 4. The molecule has 92 valence electrons. The number of rotatable bonds is 5. The van der Waals surface area contributed by atoms with Crippen molar-refractivity contribution in [2.75, 3.05) is 7.11 Å². The normalized spacial score (nSPS) is 12.6. The molecular weight excluding hydrogens is 234 g/mol. The van der Waals surface area contributed by atoms with Gasteiger partial charge in [-0.2, -0.15) is 0 Å². The topological polar surface area (TPSA) is 53.1 Å². The summed E-state index contributed by atoms with van der Waals surface area (Å²) in [6, 6.07) is 1.72.